The number of halogens is 4. The standard InChI is InChI=1S/C17H15F4NO2/c18-14-9-12(24-17(19,20)21)5-3-11(14)8-10-4-6-15(23)16-13(10)2-1-7-22-16/h1-3,5,7,9-10,15,23H,4,6,8H2/t10-,15-/m0/s1. The number of pyridine rings is 1. The maximum atomic E-state index is 14.1. The molecule has 0 saturated heterocycles. The van der Waals surface area contributed by atoms with Crippen molar-refractivity contribution in [3.05, 3.63) is 59.2 Å². The third-order valence-electron chi connectivity index (χ3n) is 4.14. The van der Waals surface area contributed by atoms with Gasteiger partial charge in [0.05, 0.1) is 11.8 Å². The molecule has 2 aromatic rings. The van der Waals surface area contributed by atoms with Crippen LogP contribution in [0.25, 0.3) is 0 Å². The minimum absolute atomic E-state index is 0.0408. The summed E-state index contributed by atoms with van der Waals surface area (Å²) in [6, 6.07) is 6.74. The van der Waals surface area contributed by atoms with Crippen LogP contribution in [0.15, 0.2) is 36.5 Å². The number of nitrogens with zero attached hydrogens (tertiary/aromatic N) is 1. The van der Waals surface area contributed by atoms with Crippen LogP contribution >= 0.6 is 0 Å². The average Bonchev–Trinajstić information content (AvgIpc) is 2.51. The summed E-state index contributed by atoms with van der Waals surface area (Å²) in [7, 11) is 0. The van der Waals surface area contributed by atoms with Gasteiger partial charge in [0.15, 0.2) is 0 Å². The molecule has 128 valence electrons. The Morgan fingerprint density at radius 1 is 1.21 bits per heavy atom. The van der Waals surface area contributed by atoms with E-state index in [0.717, 1.165) is 17.7 Å². The third-order valence-corrected chi connectivity index (χ3v) is 4.14. The van der Waals surface area contributed by atoms with Gasteiger partial charge in [0, 0.05) is 12.3 Å². The maximum absolute atomic E-state index is 14.1. The monoisotopic (exact) mass is 341 g/mol. The van der Waals surface area contributed by atoms with Crippen molar-refractivity contribution in [1.82, 2.24) is 4.98 Å². The average molecular weight is 341 g/mol. The summed E-state index contributed by atoms with van der Waals surface area (Å²) in [6.45, 7) is 0. The smallest absolute Gasteiger partial charge is 0.406 e. The van der Waals surface area contributed by atoms with E-state index in [9.17, 15) is 22.7 Å². The van der Waals surface area contributed by atoms with E-state index < -0.39 is 24.0 Å². The van der Waals surface area contributed by atoms with Gasteiger partial charge in [-0.3, -0.25) is 4.98 Å². The highest BCUT2D eigenvalue weighted by Crippen LogP contribution is 2.38. The Labute approximate surface area is 135 Å². The molecule has 0 radical (unpaired) electrons. The van der Waals surface area contributed by atoms with Gasteiger partial charge in [-0.2, -0.15) is 0 Å². The van der Waals surface area contributed by atoms with Crippen molar-refractivity contribution >= 4 is 0 Å². The minimum atomic E-state index is -4.85. The lowest BCUT2D eigenvalue weighted by atomic mass is 9.80. The molecule has 1 aromatic carbocycles. The van der Waals surface area contributed by atoms with E-state index in [0.29, 0.717) is 30.5 Å². The third kappa shape index (κ3) is 3.67. The van der Waals surface area contributed by atoms with Crippen LogP contribution in [0.1, 0.15) is 41.7 Å². The van der Waals surface area contributed by atoms with E-state index in [1.54, 1.807) is 12.3 Å². The summed E-state index contributed by atoms with van der Waals surface area (Å²) in [5.74, 6) is -1.36. The number of hydrogen-bond donors (Lipinski definition) is 1. The summed E-state index contributed by atoms with van der Waals surface area (Å²) >= 11 is 0. The first-order chi connectivity index (χ1) is 11.3. The van der Waals surface area contributed by atoms with Crippen LogP contribution in [0.5, 0.6) is 5.75 Å². The number of ether oxygens (including phenoxy) is 1. The molecular weight excluding hydrogens is 326 g/mol. The SMILES string of the molecule is O[C@H]1CC[C@@H](Cc2ccc(OC(F)(F)F)cc2F)c2cccnc21. The zero-order valence-corrected chi connectivity index (χ0v) is 12.6. The lowest BCUT2D eigenvalue weighted by Gasteiger charge is -2.28. The highest BCUT2D eigenvalue weighted by molar-refractivity contribution is 5.34. The van der Waals surface area contributed by atoms with E-state index >= 15 is 0 Å². The van der Waals surface area contributed by atoms with Crippen LogP contribution < -0.4 is 4.74 Å². The number of aliphatic hydroxyl groups excluding tert-OH is 1. The Morgan fingerprint density at radius 2 is 2.00 bits per heavy atom. The minimum Gasteiger partial charge on any atom is -0.406 e. The van der Waals surface area contributed by atoms with Crippen molar-refractivity contribution in [2.75, 3.05) is 0 Å². The molecule has 0 bridgehead atoms. The first-order valence-electron chi connectivity index (χ1n) is 7.50. The molecule has 0 spiro atoms. The highest BCUT2D eigenvalue weighted by Gasteiger charge is 2.32. The van der Waals surface area contributed by atoms with Crippen molar-refractivity contribution in [1.29, 1.82) is 0 Å². The molecule has 0 amide bonds. The molecule has 3 nitrogen and oxygen atoms in total. The van der Waals surface area contributed by atoms with Crippen LogP contribution in [0.3, 0.4) is 0 Å². The Hall–Kier alpha value is -2.15. The van der Waals surface area contributed by atoms with Gasteiger partial charge in [-0.05, 0) is 48.4 Å². The van der Waals surface area contributed by atoms with Gasteiger partial charge in [-0.25, -0.2) is 4.39 Å². The lowest BCUT2D eigenvalue weighted by Crippen LogP contribution is -2.18. The second kappa shape index (κ2) is 6.39. The summed E-state index contributed by atoms with van der Waals surface area (Å²) in [5.41, 5.74) is 1.75. The topological polar surface area (TPSA) is 42.4 Å². The van der Waals surface area contributed by atoms with Gasteiger partial charge in [0.2, 0.25) is 0 Å². The predicted molar refractivity (Wildman–Crippen MR) is 78.0 cm³/mol. The van der Waals surface area contributed by atoms with Crippen LogP contribution in [-0.2, 0) is 6.42 Å². The molecule has 7 heteroatoms. The number of hydrogen-bond acceptors (Lipinski definition) is 3. The van der Waals surface area contributed by atoms with Crippen molar-refractivity contribution in [3.63, 3.8) is 0 Å². The summed E-state index contributed by atoms with van der Waals surface area (Å²) in [5, 5.41) is 9.98. The second-order valence-electron chi connectivity index (χ2n) is 5.77. The number of alkyl halides is 3. The van der Waals surface area contributed by atoms with Crippen molar-refractivity contribution in [3.8, 4) is 5.75 Å². The van der Waals surface area contributed by atoms with Gasteiger partial charge in [-0.1, -0.05) is 12.1 Å². The van der Waals surface area contributed by atoms with Crippen LogP contribution in [-0.4, -0.2) is 16.5 Å². The zero-order chi connectivity index (χ0) is 17.3. The fourth-order valence-electron chi connectivity index (χ4n) is 3.07. The van der Waals surface area contributed by atoms with Gasteiger partial charge >= 0.3 is 6.36 Å². The number of aromatic nitrogens is 1. The van der Waals surface area contributed by atoms with Crippen LogP contribution in [0.2, 0.25) is 0 Å². The maximum Gasteiger partial charge on any atom is 0.573 e. The van der Waals surface area contributed by atoms with E-state index in [1.165, 1.54) is 6.07 Å². The molecular formula is C17H15F4NO2. The van der Waals surface area contributed by atoms with Gasteiger partial charge < -0.3 is 9.84 Å². The molecule has 1 aromatic heterocycles. The molecule has 24 heavy (non-hydrogen) atoms. The Bertz CT molecular complexity index is 733. The highest BCUT2D eigenvalue weighted by atomic mass is 19.4. The summed E-state index contributed by atoms with van der Waals surface area (Å²) < 4.78 is 54.4. The molecule has 0 saturated carbocycles. The number of fused-ring (bicyclic) bond motifs is 1. The van der Waals surface area contributed by atoms with E-state index in [2.05, 4.69) is 9.72 Å². The van der Waals surface area contributed by atoms with Crippen molar-refractivity contribution in [2.24, 2.45) is 0 Å². The van der Waals surface area contributed by atoms with Crippen LogP contribution in [0.4, 0.5) is 17.6 Å². The number of rotatable bonds is 3. The largest absolute Gasteiger partial charge is 0.573 e. The Balaban J connectivity index is 1.81. The summed E-state index contributed by atoms with van der Waals surface area (Å²) in [6.07, 6.45) is -2.40. The molecule has 0 unspecified atom stereocenters. The molecule has 2 atom stereocenters. The second-order valence-corrected chi connectivity index (χ2v) is 5.77. The lowest BCUT2D eigenvalue weighted by molar-refractivity contribution is -0.274. The number of benzene rings is 1. The fraction of sp³-hybridized carbons (Fsp3) is 0.353. The van der Waals surface area contributed by atoms with E-state index in [4.69, 9.17) is 0 Å². The number of aliphatic hydroxyl groups is 1. The zero-order valence-electron chi connectivity index (χ0n) is 12.6. The van der Waals surface area contributed by atoms with Gasteiger partial charge in [0.25, 0.3) is 0 Å². The molecule has 0 fully saturated rings. The molecule has 3 rings (SSSR count). The molecule has 1 aliphatic rings. The normalized spacial score (nSPS) is 20.5. The summed E-state index contributed by atoms with van der Waals surface area (Å²) in [4.78, 5) is 4.18. The Morgan fingerprint density at radius 3 is 2.71 bits per heavy atom. The van der Waals surface area contributed by atoms with E-state index in [-0.39, 0.29) is 5.92 Å². The van der Waals surface area contributed by atoms with Crippen molar-refractivity contribution in [2.45, 2.75) is 37.6 Å². The van der Waals surface area contributed by atoms with Gasteiger partial charge in [-0.15, -0.1) is 13.2 Å². The molecule has 1 aliphatic carbocycles. The molecule has 1 N–H and O–H groups in total. The van der Waals surface area contributed by atoms with Gasteiger partial charge in [0.1, 0.15) is 11.6 Å². The first kappa shape index (κ1) is 16.7. The quantitative estimate of drug-likeness (QED) is 0.848. The van der Waals surface area contributed by atoms with Crippen molar-refractivity contribution < 1.29 is 27.4 Å². The Kier molecular flexibility index (Phi) is 4.45. The van der Waals surface area contributed by atoms with Crippen LogP contribution in [0, 0.1) is 5.82 Å². The molecule has 1 heterocycles. The first-order valence-corrected chi connectivity index (χ1v) is 7.50. The predicted octanol–water partition coefficient (Wildman–Crippen LogP) is 4.27. The van der Waals surface area contributed by atoms with E-state index in [1.807, 2.05) is 6.07 Å². The molecule has 0 aliphatic heterocycles. The fourth-order valence-corrected chi connectivity index (χ4v) is 3.07.